The number of methoxy groups -OCH3 is 1. The number of hydrogen-bond acceptors (Lipinski definition) is 6. The number of benzene rings is 1. The second-order valence-corrected chi connectivity index (χ2v) is 4.58. The topological polar surface area (TPSA) is 83.4 Å². The molecule has 1 heterocycles. The number of nitrogens with two attached hydrogens (primary N) is 1. The number of ether oxygens (including phenoxy) is 2. The number of nitrogens with zero attached hydrogens (tertiary/aromatic N) is 2. The molecule has 0 unspecified atom stereocenters. The first-order valence-electron chi connectivity index (χ1n) is 6.12. The third kappa shape index (κ3) is 3.40. The average molecular weight is 298 g/mol. The van der Waals surface area contributed by atoms with E-state index in [9.17, 15) is 0 Å². The lowest BCUT2D eigenvalue weighted by molar-refractivity contribution is 0.233. The molecule has 0 spiro atoms. The third-order valence-electron chi connectivity index (χ3n) is 2.63. The lowest BCUT2D eigenvalue weighted by Crippen LogP contribution is -2.04. The van der Waals surface area contributed by atoms with Gasteiger partial charge in [0.15, 0.2) is 23.9 Å². The van der Waals surface area contributed by atoms with Crippen LogP contribution in [0.25, 0.3) is 0 Å². The van der Waals surface area contributed by atoms with E-state index in [0.717, 1.165) is 12.0 Å². The van der Waals surface area contributed by atoms with Gasteiger partial charge in [-0.15, -0.1) is 0 Å². The van der Waals surface area contributed by atoms with E-state index in [1.54, 1.807) is 14.0 Å². The maximum Gasteiger partial charge on any atom is 0.264 e. The molecule has 2 aromatic rings. The molecule has 6 nitrogen and oxygen atoms in total. The van der Waals surface area contributed by atoms with E-state index < -0.39 is 0 Å². The van der Waals surface area contributed by atoms with Gasteiger partial charge in [-0.1, -0.05) is 16.8 Å². The summed E-state index contributed by atoms with van der Waals surface area (Å²) < 4.78 is 15.9. The number of rotatable bonds is 6. The zero-order valence-electron chi connectivity index (χ0n) is 11.4. The van der Waals surface area contributed by atoms with Crippen LogP contribution in [0.5, 0.6) is 11.5 Å². The minimum absolute atomic E-state index is 0.132. The molecule has 0 bridgehead atoms. The van der Waals surface area contributed by atoms with Gasteiger partial charge in [-0.25, -0.2) is 0 Å². The van der Waals surface area contributed by atoms with Crippen molar-refractivity contribution in [2.75, 3.05) is 13.7 Å². The van der Waals surface area contributed by atoms with Gasteiger partial charge in [0.1, 0.15) is 0 Å². The van der Waals surface area contributed by atoms with E-state index in [0.29, 0.717) is 34.8 Å². The lowest BCUT2D eigenvalue weighted by atomic mass is 10.1. The zero-order valence-corrected chi connectivity index (χ0v) is 12.1. The molecule has 2 rings (SSSR count). The van der Waals surface area contributed by atoms with Crippen molar-refractivity contribution < 1.29 is 14.0 Å². The molecule has 0 aliphatic rings. The number of halogens is 1. The van der Waals surface area contributed by atoms with Crippen LogP contribution in [0.2, 0.25) is 5.02 Å². The Kier molecular flexibility index (Phi) is 4.81. The van der Waals surface area contributed by atoms with Gasteiger partial charge in [0, 0.05) is 0 Å². The highest BCUT2D eigenvalue weighted by atomic mass is 35.5. The fourth-order valence-electron chi connectivity index (χ4n) is 1.76. The van der Waals surface area contributed by atoms with E-state index >= 15 is 0 Å². The second kappa shape index (κ2) is 6.58. The predicted molar refractivity (Wildman–Crippen MR) is 74.1 cm³/mol. The highest BCUT2D eigenvalue weighted by Gasteiger charge is 2.13. The Balaban J connectivity index is 2.17. The Morgan fingerprint density at radius 2 is 2.20 bits per heavy atom. The fourth-order valence-corrected chi connectivity index (χ4v) is 2.04. The van der Waals surface area contributed by atoms with Gasteiger partial charge < -0.3 is 19.7 Å². The summed E-state index contributed by atoms with van der Waals surface area (Å²) >= 11 is 6.21. The molecule has 2 N–H and O–H groups in total. The molecular formula is C13H16ClN3O3. The van der Waals surface area contributed by atoms with Crippen molar-refractivity contribution in [3.05, 3.63) is 34.4 Å². The Morgan fingerprint density at radius 1 is 1.40 bits per heavy atom. The summed E-state index contributed by atoms with van der Waals surface area (Å²) in [5, 5.41) is 4.15. The van der Waals surface area contributed by atoms with Crippen LogP contribution in [-0.2, 0) is 13.0 Å². The van der Waals surface area contributed by atoms with Crippen molar-refractivity contribution in [3.63, 3.8) is 0 Å². The molecule has 0 fully saturated rings. The third-order valence-corrected chi connectivity index (χ3v) is 2.91. The number of aromatic nitrogens is 2. The zero-order chi connectivity index (χ0) is 14.5. The van der Waals surface area contributed by atoms with Crippen LogP contribution in [0.4, 0.5) is 0 Å². The average Bonchev–Trinajstić information content (AvgIpc) is 2.83. The van der Waals surface area contributed by atoms with Gasteiger partial charge in [-0.2, -0.15) is 4.98 Å². The Labute approximate surface area is 121 Å². The van der Waals surface area contributed by atoms with Crippen LogP contribution in [0, 0.1) is 6.92 Å². The van der Waals surface area contributed by atoms with Gasteiger partial charge >= 0.3 is 0 Å². The molecule has 0 aliphatic carbocycles. The monoisotopic (exact) mass is 297 g/mol. The SMILES string of the molecule is COc1cc(CCN)cc(Cl)c1OCc1nc(C)no1. The van der Waals surface area contributed by atoms with Gasteiger partial charge in [-0.3, -0.25) is 0 Å². The molecule has 0 saturated heterocycles. The van der Waals surface area contributed by atoms with E-state index in [-0.39, 0.29) is 6.61 Å². The first-order valence-corrected chi connectivity index (χ1v) is 6.50. The van der Waals surface area contributed by atoms with Crippen LogP contribution >= 0.6 is 11.6 Å². The van der Waals surface area contributed by atoms with Gasteiger partial charge in [0.25, 0.3) is 5.89 Å². The van der Waals surface area contributed by atoms with Crippen LogP contribution in [0.1, 0.15) is 17.3 Å². The van der Waals surface area contributed by atoms with Crippen molar-refractivity contribution in [2.45, 2.75) is 20.0 Å². The summed E-state index contributed by atoms with van der Waals surface area (Å²) in [6.07, 6.45) is 0.721. The summed E-state index contributed by atoms with van der Waals surface area (Å²) in [4.78, 5) is 4.05. The smallest absolute Gasteiger partial charge is 0.264 e. The molecule has 1 aromatic heterocycles. The van der Waals surface area contributed by atoms with Crippen molar-refractivity contribution in [3.8, 4) is 11.5 Å². The summed E-state index contributed by atoms with van der Waals surface area (Å²) in [5.41, 5.74) is 6.53. The first-order chi connectivity index (χ1) is 9.63. The summed E-state index contributed by atoms with van der Waals surface area (Å²) in [6.45, 7) is 2.41. The second-order valence-electron chi connectivity index (χ2n) is 4.17. The number of hydrogen-bond donors (Lipinski definition) is 1. The lowest BCUT2D eigenvalue weighted by Gasteiger charge is -2.12. The molecule has 0 radical (unpaired) electrons. The van der Waals surface area contributed by atoms with Crippen molar-refractivity contribution in [1.29, 1.82) is 0 Å². The van der Waals surface area contributed by atoms with Crippen molar-refractivity contribution in [1.82, 2.24) is 10.1 Å². The van der Waals surface area contributed by atoms with E-state index in [1.807, 2.05) is 12.1 Å². The minimum atomic E-state index is 0.132. The highest BCUT2D eigenvalue weighted by Crippen LogP contribution is 2.36. The van der Waals surface area contributed by atoms with Crippen LogP contribution in [0.15, 0.2) is 16.7 Å². The Hall–Kier alpha value is -1.79. The molecule has 0 saturated carbocycles. The van der Waals surface area contributed by atoms with E-state index in [4.69, 9.17) is 31.3 Å². The van der Waals surface area contributed by atoms with Gasteiger partial charge in [0.2, 0.25) is 0 Å². The fraction of sp³-hybridized carbons (Fsp3) is 0.385. The standard InChI is InChI=1S/C13H16ClN3O3/c1-8-16-12(20-17-8)7-19-13-10(14)5-9(3-4-15)6-11(13)18-2/h5-6H,3-4,7,15H2,1-2H3. The Bertz CT molecular complexity index is 586. The molecule has 1 aromatic carbocycles. The largest absolute Gasteiger partial charge is 0.493 e. The maximum absolute atomic E-state index is 6.21. The first kappa shape index (κ1) is 14.6. The van der Waals surface area contributed by atoms with Crippen molar-refractivity contribution >= 4 is 11.6 Å². The molecule has 108 valence electrons. The van der Waals surface area contributed by atoms with Crippen LogP contribution in [-0.4, -0.2) is 23.8 Å². The van der Waals surface area contributed by atoms with Gasteiger partial charge in [0.05, 0.1) is 12.1 Å². The van der Waals surface area contributed by atoms with E-state index in [1.165, 1.54) is 0 Å². The van der Waals surface area contributed by atoms with Gasteiger partial charge in [-0.05, 0) is 37.6 Å². The Morgan fingerprint density at radius 3 is 2.80 bits per heavy atom. The predicted octanol–water partition coefficient (Wildman–Crippen LogP) is 2.12. The molecule has 7 heteroatoms. The summed E-state index contributed by atoms with van der Waals surface area (Å²) in [6, 6.07) is 3.67. The van der Waals surface area contributed by atoms with Crippen LogP contribution in [0.3, 0.4) is 0 Å². The highest BCUT2D eigenvalue weighted by molar-refractivity contribution is 6.32. The normalized spacial score (nSPS) is 10.6. The van der Waals surface area contributed by atoms with Crippen LogP contribution < -0.4 is 15.2 Å². The quantitative estimate of drug-likeness (QED) is 0.879. The number of aryl methyl sites for hydroxylation is 1. The molecule has 20 heavy (non-hydrogen) atoms. The van der Waals surface area contributed by atoms with Crippen molar-refractivity contribution in [2.24, 2.45) is 5.73 Å². The van der Waals surface area contributed by atoms with E-state index in [2.05, 4.69) is 10.1 Å². The minimum Gasteiger partial charge on any atom is -0.493 e. The molecule has 0 atom stereocenters. The maximum atomic E-state index is 6.21. The molecular weight excluding hydrogens is 282 g/mol. The summed E-state index contributed by atoms with van der Waals surface area (Å²) in [7, 11) is 1.56. The molecule has 0 aliphatic heterocycles. The summed E-state index contributed by atoms with van der Waals surface area (Å²) in [5.74, 6) is 1.94. The molecule has 0 amide bonds.